The van der Waals surface area contributed by atoms with Gasteiger partial charge in [-0.05, 0) is 247 Å². The van der Waals surface area contributed by atoms with E-state index in [9.17, 15) is 71.5 Å². The number of para-hydroxylation sites is 4. The Kier molecular flexibility index (Phi) is 30.7. The molecule has 16 aromatic rings. The fraction of sp³-hybridized carbons (Fsp3) is 0.255. The van der Waals surface area contributed by atoms with E-state index in [1.165, 1.54) is 42.5 Å². The Morgan fingerprint density at radius 2 is 0.735 bits per heavy atom. The van der Waals surface area contributed by atoms with E-state index in [4.69, 9.17) is 4.98 Å². The molecule has 2 aliphatic heterocycles. The molecule has 6 N–H and O–H groups in total. The molecule has 30 heteroatoms. The van der Waals surface area contributed by atoms with Crippen molar-refractivity contribution in [2.24, 2.45) is 0 Å². The summed E-state index contributed by atoms with van der Waals surface area (Å²) in [5.41, 5.74) is 17.4. The van der Waals surface area contributed by atoms with Crippen LogP contribution < -0.4 is 10.6 Å². The Bertz CT molecular complexity index is 7380. The number of benzene rings is 8. The van der Waals surface area contributed by atoms with E-state index in [1.807, 2.05) is 148 Å². The molecule has 0 bridgehead atoms. The molecule has 2 aliphatic carbocycles. The summed E-state index contributed by atoms with van der Waals surface area (Å²) in [6.45, 7) is 9.43. The van der Waals surface area contributed by atoms with Crippen LogP contribution in [-0.2, 0) is 51.9 Å². The lowest BCUT2D eigenvalue weighted by molar-refractivity contribution is -0.138. The van der Waals surface area contributed by atoms with E-state index in [0.29, 0.717) is 89.9 Å². The lowest BCUT2D eigenvalue weighted by Crippen LogP contribution is -2.37. The van der Waals surface area contributed by atoms with Gasteiger partial charge in [0, 0.05) is 144 Å². The number of fused-ring (bicyclic) bond motifs is 8. The SMILES string of the molecule is Cc1c(C2=CCCN(C(=O)c3ccc4ccccc4n3)C2)c2cc(F)ccc2n1CC(=O)O.Cc1c(C2=CCN(C(=O)c3ccc4ccccc4n3)CC2)c2cc(F)ccc2n1CC(=O)O.Cc1c(C2CCC(NC(=O)c3ccc4ccccc4n3)CC2)c2cc(F)ccc2n1CC(=O)O.Cc1c(C2CCC(NCc3ccc4ccccc4n3)CC2)c2cc(F)ccc2n1CC(=O)O.Cl.Cl.Cl. The molecule has 700 valence electrons. The highest BCUT2D eigenvalue weighted by Crippen LogP contribution is 2.44. The van der Waals surface area contributed by atoms with E-state index < -0.39 is 23.9 Å². The Morgan fingerprint density at radius 1 is 0.375 bits per heavy atom. The van der Waals surface area contributed by atoms with Gasteiger partial charge in [-0.1, -0.05) is 109 Å². The van der Waals surface area contributed by atoms with E-state index in [0.717, 1.165) is 185 Å². The highest BCUT2D eigenvalue weighted by atomic mass is 35.5. The number of hydrogen-bond donors (Lipinski definition) is 6. The van der Waals surface area contributed by atoms with E-state index in [2.05, 4.69) is 49.9 Å². The standard InChI is InChI=1S/C27H26FN3O3.C27H28FN3O2.2C26H22FN3O3.3ClH/c1-16-26(21-14-19(28)9-13-24(21)31(16)15-25(32)33)18-6-10-20(11-7-18)29-27(34)23-12-8-17-4-2-3-5-22(17)30-23;1-17-27(23-14-20(28)9-13-25(23)31(17)16-26(32)33)19-7-10-21(11-8-19)29-15-22-12-6-18-4-2-3-5-24(18)30-22;1-16-25(20-13-19(27)9-11-23(20)30(16)15-24(31)32)18-6-4-12-29(14-18)26(33)22-10-8-17-5-2-3-7-21(17)28-22;1-16-25(20-14-19(27)7-9-23(20)30(16)15-24(31)32)18-10-12-29(13-11-18)26(33)22-8-6-17-4-2-3-5-21(17)28-22;;;/h2-5,8-9,12-14,18,20H,6-7,10-11,15H2,1H3,(H,29,34)(H,32,33);2-6,9,12-14,19,21,29H,7-8,10-11,15-16H2,1H3,(H,32,33);2-3,5-11,13H,4,12,14-15H2,1H3,(H,31,32);2-10,14H,11-13,15H2,1H3,(H,31,32);3*1H. The molecule has 0 atom stereocenters. The monoisotopic (exact) mass is 1900 g/mol. The van der Waals surface area contributed by atoms with Crippen molar-refractivity contribution in [2.75, 3.05) is 26.2 Å². The third-order valence-corrected chi connectivity index (χ3v) is 26.3. The normalized spacial score (nSPS) is 15.9. The zero-order valence-electron chi connectivity index (χ0n) is 75.0. The summed E-state index contributed by atoms with van der Waals surface area (Å²) in [7, 11) is 0. The van der Waals surface area contributed by atoms with Gasteiger partial charge in [0.2, 0.25) is 0 Å². The Labute approximate surface area is 798 Å². The molecular formula is C106H101Cl3F4N12O11. The number of nitrogens with one attached hydrogen (secondary N) is 2. The number of aromatic nitrogens is 8. The van der Waals surface area contributed by atoms with E-state index in [1.54, 1.807) is 72.0 Å². The van der Waals surface area contributed by atoms with Gasteiger partial charge in [0.1, 0.15) is 66.5 Å². The third-order valence-electron chi connectivity index (χ3n) is 26.3. The van der Waals surface area contributed by atoms with Crippen LogP contribution in [0, 0.1) is 51.0 Å². The molecule has 2 saturated carbocycles. The number of carbonyl (C=O) groups excluding carboxylic acids is 3. The predicted octanol–water partition coefficient (Wildman–Crippen LogP) is 21.3. The first kappa shape index (κ1) is 97.9. The van der Waals surface area contributed by atoms with E-state index in [-0.39, 0.29) is 116 Å². The van der Waals surface area contributed by atoms with Crippen LogP contribution in [0.15, 0.2) is 231 Å². The van der Waals surface area contributed by atoms with E-state index >= 15 is 0 Å². The van der Waals surface area contributed by atoms with Crippen LogP contribution in [0.3, 0.4) is 0 Å². The van der Waals surface area contributed by atoms with Gasteiger partial charge in [-0.2, -0.15) is 0 Å². The fourth-order valence-corrected chi connectivity index (χ4v) is 20.0. The molecule has 10 heterocycles. The number of amides is 3. The van der Waals surface area contributed by atoms with Crippen molar-refractivity contribution in [1.29, 1.82) is 0 Å². The topological polar surface area (TPSA) is 302 Å². The molecule has 3 amide bonds. The van der Waals surface area contributed by atoms with Gasteiger partial charge in [0.05, 0.1) is 27.8 Å². The molecule has 0 unspecified atom stereocenters. The van der Waals surface area contributed by atoms with Crippen LogP contribution in [0.1, 0.15) is 158 Å². The number of nitrogens with zero attached hydrogens (tertiary/aromatic N) is 10. The number of aliphatic carboxylic acids is 4. The van der Waals surface area contributed by atoms with Crippen molar-refractivity contribution in [3.8, 4) is 0 Å². The first-order valence-electron chi connectivity index (χ1n) is 44.7. The Hall–Kier alpha value is -14.1. The first-order chi connectivity index (χ1) is 64.2. The van der Waals surface area contributed by atoms with Gasteiger partial charge >= 0.3 is 23.9 Å². The maximum absolute atomic E-state index is 14.1. The Morgan fingerprint density at radius 3 is 1.15 bits per heavy atom. The molecule has 0 saturated heterocycles. The number of carbonyl (C=O) groups is 7. The molecule has 2 fully saturated rings. The van der Waals surface area contributed by atoms with Crippen molar-refractivity contribution in [3.05, 3.63) is 322 Å². The average Bonchev–Trinajstić information content (AvgIpc) is 1.62. The maximum atomic E-state index is 14.1. The third kappa shape index (κ3) is 21.2. The molecule has 8 aromatic carbocycles. The van der Waals surface area contributed by atoms with Crippen molar-refractivity contribution >= 4 is 177 Å². The van der Waals surface area contributed by atoms with Crippen LogP contribution >= 0.6 is 37.2 Å². The number of rotatable bonds is 19. The highest BCUT2D eigenvalue weighted by Gasteiger charge is 2.34. The average molecular weight is 1900 g/mol. The minimum Gasteiger partial charge on any atom is -0.480 e. The molecule has 0 radical (unpaired) electrons. The molecule has 8 aromatic heterocycles. The number of hydrogen-bond acceptors (Lipinski definition) is 12. The summed E-state index contributed by atoms with van der Waals surface area (Å²) < 4.78 is 63.3. The number of carboxylic acids is 4. The van der Waals surface area contributed by atoms with Gasteiger partial charge in [-0.15, -0.1) is 37.2 Å². The number of pyridine rings is 4. The summed E-state index contributed by atoms with van der Waals surface area (Å²) in [5.74, 6) is -5.08. The molecule has 23 nitrogen and oxygen atoms in total. The molecular weight excluding hydrogens is 1800 g/mol. The quantitative estimate of drug-likeness (QED) is 0.0410. The van der Waals surface area contributed by atoms with Gasteiger partial charge in [0.25, 0.3) is 17.7 Å². The predicted molar refractivity (Wildman–Crippen MR) is 527 cm³/mol. The van der Waals surface area contributed by atoms with Crippen LogP contribution in [0.5, 0.6) is 0 Å². The molecule has 0 spiro atoms. The maximum Gasteiger partial charge on any atom is 0.323 e. The minimum absolute atomic E-state index is 0. The second kappa shape index (κ2) is 42.6. The summed E-state index contributed by atoms with van der Waals surface area (Å²) in [6, 6.07) is 64.7. The van der Waals surface area contributed by atoms with Crippen LogP contribution in [0.25, 0.3) is 98.4 Å². The van der Waals surface area contributed by atoms with Crippen LogP contribution in [-0.4, -0.2) is 148 Å². The van der Waals surface area contributed by atoms with Gasteiger partial charge < -0.3 is 59.1 Å². The van der Waals surface area contributed by atoms with Crippen molar-refractivity contribution < 1.29 is 71.5 Å². The molecule has 20 rings (SSSR count). The summed E-state index contributed by atoms with van der Waals surface area (Å²) in [5, 5.41) is 51.3. The highest BCUT2D eigenvalue weighted by molar-refractivity contribution is 6.02. The first-order valence-corrected chi connectivity index (χ1v) is 44.7. The summed E-state index contributed by atoms with van der Waals surface area (Å²) >= 11 is 0. The lowest BCUT2D eigenvalue weighted by Gasteiger charge is -2.30. The van der Waals surface area contributed by atoms with Gasteiger partial charge in [0.15, 0.2) is 0 Å². The second-order valence-electron chi connectivity index (χ2n) is 34.6. The van der Waals surface area contributed by atoms with Crippen molar-refractivity contribution in [1.82, 2.24) is 58.6 Å². The smallest absolute Gasteiger partial charge is 0.323 e. The minimum atomic E-state index is -0.970. The van der Waals surface area contributed by atoms with Crippen LogP contribution in [0.2, 0.25) is 0 Å². The largest absolute Gasteiger partial charge is 0.480 e. The van der Waals surface area contributed by atoms with Crippen molar-refractivity contribution in [3.63, 3.8) is 0 Å². The fourth-order valence-electron chi connectivity index (χ4n) is 20.0. The number of carboxylic acid groups (broad SMARTS) is 4. The zero-order valence-corrected chi connectivity index (χ0v) is 77.5. The van der Waals surface area contributed by atoms with Gasteiger partial charge in [-0.25, -0.2) is 32.5 Å². The molecule has 136 heavy (non-hydrogen) atoms. The van der Waals surface area contributed by atoms with Crippen molar-refractivity contribution in [2.45, 2.75) is 149 Å². The lowest BCUT2D eigenvalue weighted by atomic mass is 9.80. The van der Waals surface area contributed by atoms with Gasteiger partial charge in [-0.3, -0.25) is 38.5 Å². The van der Waals surface area contributed by atoms with Crippen LogP contribution in [0.4, 0.5) is 17.6 Å². The number of halogens is 7. The Balaban J connectivity index is 0.000000144. The second-order valence-corrected chi connectivity index (χ2v) is 34.6. The summed E-state index contributed by atoms with van der Waals surface area (Å²) in [6.07, 6.45) is 12.6. The summed E-state index contributed by atoms with van der Waals surface area (Å²) in [4.78, 5) is 107. The molecule has 4 aliphatic rings. The zero-order chi connectivity index (χ0) is 93.0.